The van der Waals surface area contributed by atoms with Gasteiger partial charge in [0.05, 0.1) is 12.2 Å². The summed E-state index contributed by atoms with van der Waals surface area (Å²) in [5.41, 5.74) is 0. The second-order valence-corrected chi connectivity index (χ2v) is 8.97. The van der Waals surface area contributed by atoms with Gasteiger partial charge in [-0.25, -0.2) is 4.99 Å². The van der Waals surface area contributed by atoms with Crippen molar-refractivity contribution in [1.29, 1.82) is 0 Å². The third-order valence-corrected chi connectivity index (χ3v) is 6.41. The molecular formula is C22H40N4O3. The van der Waals surface area contributed by atoms with Crippen LogP contribution in [0.1, 0.15) is 57.8 Å². The summed E-state index contributed by atoms with van der Waals surface area (Å²) in [6.07, 6.45) is 11.5. The van der Waals surface area contributed by atoms with Crippen LogP contribution in [0.25, 0.3) is 0 Å². The number of hydrogen-bond acceptors (Lipinski definition) is 4. The Morgan fingerprint density at radius 1 is 1.10 bits per heavy atom. The highest BCUT2D eigenvalue weighted by atomic mass is 16.5. The molecule has 1 saturated carbocycles. The van der Waals surface area contributed by atoms with Gasteiger partial charge in [-0.1, -0.05) is 12.8 Å². The Bertz CT molecular complexity index is 520. The average molecular weight is 409 g/mol. The van der Waals surface area contributed by atoms with Crippen LogP contribution in [-0.2, 0) is 14.3 Å². The Morgan fingerprint density at radius 3 is 2.48 bits per heavy atom. The second kappa shape index (κ2) is 11.7. The van der Waals surface area contributed by atoms with E-state index in [4.69, 9.17) is 9.47 Å². The molecule has 2 saturated heterocycles. The van der Waals surface area contributed by atoms with Gasteiger partial charge in [-0.2, -0.15) is 0 Å². The summed E-state index contributed by atoms with van der Waals surface area (Å²) < 4.78 is 12.1. The first kappa shape index (κ1) is 22.3. The van der Waals surface area contributed by atoms with Gasteiger partial charge in [0.15, 0.2) is 5.96 Å². The number of carbonyl (C=O) groups excluding carboxylic acids is 1. The second-order valence-electron chi connectivity index (χ2n) is 8.97. The molecule has 1 N–H and O–H groups in total. The summed E-state index contributed by atoms with van der Waals surface area (Å²) in [5.74, 6) is 1.64. The van der Waals surface area contributed by atoms with E-state index in [0.717, 1.165) is 70.4 Å². The van der Waals surface area contributed by atoms with Crippen molar-refractivity contribution in [1.82, 2.24) is 15.1 Å². The van der Waals surface area contributed by atoms with E-state index in [2.05, 4.69) is 15.2 Å². The summed E-state index contributed by atoms with van der Waals surface area (Å²) in [5, 5.41) is 3.48. The molecule has 166 valence electrons. The fourth-order valence-corrected chi connectivity index (χ4v) is 4.41. The quantitative estimate of drug-likeness (QED) is 0.517. The number of nitrogens with one attached hydrogen (secondary N) is 1. The van der Waals surface area contributed by atoms with Crippen molar-refractivity contribution in [3.8, 4) is 0 Å². The number of carbonyl (C=O) groups is 1. The number of likely N-dealkylation sites (tertiary alicyclic amines) is 1. The number of guanidine groups is 1. The van der Waals surface area contributed by atoms with Gasteiger partial charge in [0, 0.05) is 46.9 Å². The minimum atomic E-state index is 0.0213. The molecule has 0 aromatic carbocycles. The smallest absolute Gasteiger partial charge is 0.243 e. The summed E-state index contributed by atoms with van der Waals surface area (Å²) in [6.45, 7) is 4.56. The number of amides is 1. The third kappa shape index (κ3) is 7.45. The van der Waals surface area contributed by atoms with Crippen LogP contribution < -0.4 is 5.32 Å². The molecule has 1 atom stereocenters. The zero-order valence-electron chi connectivity index (χ0n) is 18.4. The first-order chi connectivity index (χ1) is 14.1. The van der Waals surface area contributed by atoms with Crippen molar-refractivity contribution in [3.05, 3.63) is 0 Å². The number of ether oxygens (including phenoxy) is 2. The normalized spacial score (nSPS) is 24.7. The first-order valence-electron chi connectivity index (χ1n) is 11.6. The van der Waals surface area contributed by atoms with Crippen molar-refractivity contribution in [2.24, 2.45) is 10.9 Å². The molecular weight excluding hydrogens is 368 g/mol. The monoisotopic (exact) mass is 408 g/mol. The lowest BCUT2D eigenvalue weighted by molar-refractivity contribution is -0.127. The third-order valence-electron chi connectivity index (χ3n) is 6.41. The van der Waals surface area contributed by atoms with Crippen molar-refractivity contribution < 1.29 is 14.3 Å². The SMILES string of the molecule is CN(C)C(=O)CN=C(NCC1CCCCO1)N1CCC(OCC2CCCC2)CC1. The topological polar surface area (TPSA) is 66.4 Å². The summed E-state index contributed by atoms with van der Waals surface area (Å²) in [7, 11) is 3.54. The molecule has 1 amide bonds. The summed E-state index contributed by atoms with van der Waals surface area (Å²) in [4.78, 5) is 20.5. The lowest BCUT2D eigenvalue weighted by Crippen LogP contribution is -2.49. The molecule has 1 unspecified atom stereocenters. The van der Waals surface area contributed by atoms with E-state index >= 15 is 0 Å². The van der Waals surface area contributed by atoms with Crippen molar-refractivity contribution in [2.75, 3.05) is 53.5 Å². The number of hydrogen-bond donors (Lipinski definition) is 1. The fraction of sp³-hybridized carbons (Fsp3) is 0.909. The van der Waals surface area contributed by atoms with Gasteiger partial charge in [0.1, 0.15) is 6.54 Å². The zero-order chi connectivity index (χ0) is 20.5. The highest BCUT2D eigenvalue weighted by molar-refractivity contribution is 5.84. The largest absolute Gasteiger partial charge is 0.378 e. The Hall–Kier alpha value is -1.34. The molecule has 2 aliphatic heterocycles. The molecule has 0 aromatic heterocycles. The molecule has 0 spiro atoms. The molecule has 3 aliphatic rings. The summed E-state index contributed by atoms with van der Waals surface area (Å²) >= 11 is 0. The van der Waals surface area contributed by atoms with E-state index < -0.39 is 0 Å². The molecule has 7 nitrogen and oxygen atoms in total. The van der Waals surface area contributed by atoms with Crippen LogP contribution in [0, 0.1) is 5.92 Å². The molecule has 0 radical (unpaired) electrons. The maximum Gasteiger partial charge on any atom is 0.243 e. The van der Waals surface area contributed by atoms with Crippen molar-refractivity contribution >= 4 is 11.9 Å². The van der Waals surface area contributed by atoms with Crippen molar-refractivity contribution in [2.45, 2.75) is 70.0 Å². The predicted octanol–water partition coefficient (Wildman–Crippen LogP) is 2.26. The maximum absolute atomic E-state index is 12.0. The number of likely N-dealkylation sites (N-methyl/N-ethyl adjacent to an activating group) is 1. The Morgan fingerprint density at radius 2 is 1.83 bits per heavy atom. The van der Waals surface area contributed by atoms with Gasteiger partial charge < -0.3 is 24.6 Å². The van der Waals surface area contributed by atoms with E-state index in [1.807, 2.05) is 0 Å². The zero-order valence-corrected chi connectivity index (χ0v) is 18.4. The highest BCUT2D eigenvalue weighted by Crippen LogP contribution is 2.26. The Labute approximate surface area is 176 Å². The van der Waals surface area contributed by atoms with Crippen LogP contribution in [0.5, 0.6) is 0 Å². The lowest BCUT2D eigenvalue weighted by Gasteiger charge is -2.35. The van der Waals surface area contributed by atoms with Crippen LogP contribution >= 0.6 is 0 Å². The average Bonchev–Trinajstić information content (AvgIpc) is 3.27. The minimum absolute atomic E-state index is 0.0213. The Balaban J connectivity index is 1.48. The van der Waals surface area contributed by atoms with E-state index in [0.29, 0.717) is 6.10 Å². The molecule has 0 bridgehead atoms. The number of piperidine rings is 1. The maximum atomic E-state index is 12.0. The number of nitrogens with zero attached hydrogens (tertiary/aromatic N) is 3. The molecule has 7 heteroatoms. The van der Waals surface area contributed by atoms with Crippen molar-refractivity contribution in [3.63, 3.8) is 0 Å². The highest BCUT2D eigenvalue weighted by Gasteiger charge is 2.25. The van der Waals surface area contributed by atoms with E-state index in [-0.39, 0.29) is 18.6 Å². The molecule has 3 rings (SSSR count). The van der Waals surface area contributed by atoms with Gasteiger partial charge in [-0.15, -0.1) is 0 Å². The first-order valence-corrected chi connectivity index (χ1v) is 11.6. The standard InChI is InChI=1S/C22H40N4O3/c1-25(2)21(27)16-24-22(23-15-20-9-5-6-14-28-20)26-12-10-19(11-13-26)29-17-18-7-3-4-8-18/h18-20H,3-17H2,1-2H3,(H,23,24). The van der Waals surface area contributed by atoms with Crippen LogP contribution in [0.2, 0.25) is 0 Å². The molecule has 2 heterocycles. The van der Waals surface area contributed by atoms with Crippen LogP contribution in [0.15, 0.2) is 4.99 Å². The Kier molecular flexibility index (Phi) is 9.05. The van der Waals surface area contributed by atoms with Gasteiger partial charge >= 0.3 is 0 Å². The van der Waals surface area contributed by atoms with Crippen LogP contribution in [-0.4, -0.2) is 87.4 Å². The molecule has 29 heavy (non-hydrogen) atoms. The minimum Gasteiger partial charge on any atom is -0.378 e. The lowest BCUT2D eigenvalue weighted by atomic mass is 10.1. The van der Waals surface area contributed by atoms with Gasteiger partial charge in [-0.3, -0.25) is 4.79 Å². The summed E-state index contributed by atoms with van der Waals surface area (Å²) in [6, 6.07) is 0. The van der Waals surface area contributed by atoms with E-state index in [1.165, 1.54) is 32.1 Å². The van der Waals surface area contributed by atoms with E-state index in [9.17, 15) is 4.79 Å². The molecule has 3 fully saturated rings. The number of rotatable bonds is 7. The van der Waals surface area contributed by atoms with Gasteiger partial charge in [0.2, 0.25) is 5.91 Å². The predicted molar refractivity (Wildman–Crippen MR) is 115 cm³/mol. The van der Waals surface area contributed by atoms with Gasteiger partial charge in [0.25, 0.3) is 0 Å². The molecule has 0 aromatic rings. The number of aliphatic imine (C=N–C) groups is 1. The van der Waals surface area contributed by atoms with Gasteiger partial charge in [-0.05, 0) is 50.9 Å². The van der Waals surface area contributed by atoms with E-state index in [1.54, 1.807) is 19.0 Å². The fourth-order valence-electron chi connectivity index (χ4n) is 4.41. The van der Waals surface area contributed by atoms with Crippen LogP contribution in [0.3, 0.4) is 0 Å². The molecule has 1 aliphatic carbocycles. The van der Waals surface area contributed by atoms with Crippen LogP contribution in [0.4, 0.5) is 0 Å².